The molecule has 1 atom stereocenters. The lowest BCUT2D eigenvalue weighted by Crippen LogP contribution is -2.47. The Morgan fingerprint density at radius 2 is 1.87 bits per heavy atom. The zero-order valence-corrected chi connectivity index (χ0v) is 19.4. The zero-order valence-electron chi connectivity index (χ0n) is 17.0. The summed E-state index contributed by atoms with van der Waals surface area (Å²) in [5.74, 6) is 0.127. The number of hydrogen-bond acceptors (Lipinski definition) is 5. The van der Waals surface area contributed by atoms with Crippen LogP contribution in [0, 0.1) is 0 Å². The number of ether oxygens (including phenoxy) is 1. The van der Waals surface area contributed by atoms with Crippen molar-refractivity contribution < 1.29 is 13.2 Å². The van der Waals surface area contributed by atoms with Gasteiger partial charge < -0.3 is 10.1 Å². The third kappa shape index (κ3) is 5.42. The fourth-order valence-corrected chi connectivity index (χ4v) is 6.14. The Bertz CT molecular complexity index is 949. The van der Waals surface area contributed by atoms with Gasteiger partial charge in [-0.2, -0.15) is 4.31 Å². The highest BCUT2D eigenvalue weighted by Gasteiger charge is 2.33. The Labute approximate surface area is 187 Å². The van der Waals surface area contributed by atoms with E-state index in [1.807, 2.05) is 36.4 Å². The second-order valence-electron chi connectivity index (χ2n) is 7.84. The van der Waals surface area contributed by atoms with E-state index in [0.29, 0.717) is 39.3 Å². The summed E-state index contributed by atoms with van der Waals surface area (Å²) in [4.78, 5) is 2.17. The molecule has 30 heavy (non-hydrogen) atoms. The van der Waals surface area contributed by atoms with Gasteiger partial charge in [-0.1, -0.05) is 46.3 Å². The topological polar surface area (TPSA) is 61.9 Å². The van der Waals surface area contributed by atoms with Gasteiger partial charge in [0, 0.05) is 48.9 Å². The Balaban J connectivity index is 1.57. The van der Waals surface area contributed by atoms with Crippen LogP contribution in [0.3, 0.4) is 0 Å². The highest BCUT2D eigenvalue weighted by atomic mass is 79.9. The standard InChI is InChI=1S/C22H28BrN3O3S/c23-20-6-7-22-19(15-20)17-26(21(16-24-22)14-18-4-2-1-3-5-18)30(27,28)13-10-25-8-11-29-12-9-25/h1-7,15,21,24H,8-14,16-17H2. The highest BCUT2D eigenvalue weighted by molar-refractivity contribution is 9.10. The fraction of sp³-hybridized carbons (Fsp3) is 0.455. The SMILES string of the molecule is O=S(=O)(CCN1CCOCC1)N1Cc2cc(Br)ccc2NCC1Cc1ccccc1. The molecular weight excluding hydrogens is 466 g/mol. The zero-order chi connectivity index (χ0) is 21.0. The number of anilines is 1. The van der Waals surface area contributed by atoms with Gasteiger partial charge in [0.15, 0.2) is 0 Å². The minimum atomic E-state index is -3.44. The van der Waals surface area contributed by atoms with Gasteiger partial charge in [-0.3, -0.25) is 4.90 Å². The number of sulfonamides is 1. The molecule has 0 spiro atoms. The Morgan fingerprint density at radius 3 is 2.63 bits per heavy atom. The molecule has 0 saturated carbocycles. The van der Waals surface area contributed by atoms with Crippen LogP contribution in [-0.4, -0.2) is 68.8 Å². The van der Waals surface area contributed by atoms with Crippen LogP contribution in [0.4, 0.5) is 5.69 Å². The molecule has 2 heterocycles. The summed E-state index contributed by atoms with van der Waals surface area (Å²) >= 11 is 3.52. The van der Waals surface area contributed by atoms with Crippen molar-refractivity contribution in [3.63, 3.8) is 0 Å². The van der Waals surface area contributed by atoms with Crippen molar-refractivity contribution in [2.24, 2.45) is 0 Å². The Hall–Kier alpha value is -1.45. The highest BCUT2D eigenvalue weighted by Crippen LogP contribution is 2.29. The molecule has 0 amide bonds. The van der Waals surface area contributed by atoms with Gasteiger partial charge in [-0.25, -0.2) is 8.42 Å². The maximum atomic E-state index is 13.5. The molecule has 162 valence electrons. The average Bonchev–Trinajstić information content (AvgIpc) is 2.94. The molecule has 0 bridgehead atoms. The Morgan fingerprint density at radius 1 is 1.10 bits per heavy atom. The number of nitrogens with one attached hydrogen (secondary N) is 1. The van der Waals surface area contributed by atoms with E-state index in [2.05, 4.69) is 38.3 Å². The van der Waals surface area contributed by atoms with E-state index in [-0.39, 0.29) is 11.8 Å². The second-order valence-corrected chi connectivity index (χ2v) is 10.8. The molecule has 4 rings (SSSR count). The third-order valence-corrected chi connectivity index (χ3v) is 8.10. The lowest BCUT2D eigenvalue weighted by Gasteiger charge is -2.31. The quantitative estimate of drug-likeness (QED) is 0.670. The smallest absolute Gasteiger partial charge is 0.215 e. The van der Waals surface area contributed by atoms with Crippen molar-refractivity contribution in [3.8, 4) is 0 Å². The van der Waals surface area contributed by atoms with E-state index in [9.17, 15) is 8.42 Å². The molecule has 2 aliphatic heterocycles. The molecule has 0 aliphatic carbocycles. The normalized spacial score (nSPS) is 20.9. The molecule has 2 aromatic carbocycles. The number of benzene rings is 2. The molecule has 2 aromatic rings. The van der Waals surface area contributed by atoms with Gasteiger partial charge in [0.05, 0.1) is 19.0 Å². The van der Waals surface area contributed by atoms with Crippen molar-refractivity contribution in [2.75, 3.05) is 50.5 Å². The van der Waals surface area contributed by atoms with Gasteiger partial charge in [-0.15, -0.1) is 0 Å². The van der Waals surface area contributed by atoms with Crippen LogP contribution < -0.4 is 5.32 Å². The van der Waals surface area contributed by atoms with Crippen LogP contribution in [0.25, 0.3) is 0 Å². The predicted octanol–water partition coefficient (Wildman–Crippen LogP) is 2.95. The number of fused-ring (bicyclic) bond motifs is 1. The van der Waals surface area contributed by atoms with Gasteiger partial charge in [0.25, 0.3) is 0 Å². The van der Waals surface area contributed by atoms with Crippen LogP contribution in [0.15, 0.2) is 53.0 Å². The van der Waals surface area contributed by atoms with Gasteiger partial charge in [0.1, 0.15) is 0 Å². The van der Waals surface area contributed by atoms with Gasteiger partial charge in [-0.05, 0) is 35.7 Å². The van der Waals surface area contributed by atoms with Crippen molar-refractivity contribution in [1.82, 2.24) is 9.21 Å². The number of rotatable bonds is 6. The summed E-state index contributed by atoms with van der Waals surface area (Å²) in [5.41, 5.74) is 3.14. The lowest BCUT2D eigenvalue weighted by atomic mass is 10.1. The molecule has 1 saturated heterocycles. The third-order valence-electron chi connectivity index (χ3n) is 5.77. The van der Waals surface area contributed by atoms with Crippen molar-refractivity contribution >= 4 is 31.6 Å². The first-order chi connectivity index (χ1) is 14.5. The average molecular weight is 494 g/mol. The van der Waals surface area contributed by atoms with E-state index in [4.69, 9.17) is 4.74 Å². The maximum absolute atomic E-state index is 13.5. The lowest BCUT2D eigenvalue weighted by molar-refractivity contribution is 0.0406. The molecule has 0 radical (unpaired) electrons. The largest absolute Gasteiger partial charge is 0.383 e. The molecule has 1 N–H and O–H groups in total. The second kappa shape index (κ2) is 9.78. The monoisotopic (exact) mass is 493 g/mol. The summed E-state index contributed by atoms with van der Waals surface area (Å²) in [6.45, 7) is 4.43. The van der Waals surface area contributed by atoms with Crippen LogP contribution in [0.2, 0.25) is 0 Å². The molecule has 6 nitrogen and oxygen atoms in total. The van der Waals surface area contributed by atoms with Crippen molar-refractivity contribution in [1.29, 1.82) is 0 Å². The number of nitrogens with zero attached hydrogens (tertiary/aromatic N) is 2. The number of halogens is 1. The minimum absolute atomic E-state index is 0.127. The van der Waals surface area contributed by atoms with Crippen molar-refractivity contribution in [2.45, 2.75) is 19.0 Å². The molecular formula is C22H28BrN3O3S. The first-order valence-electron chi connectivity index (χ1n) is 10.4. The molecule has 1 unspecified atom stereocenters. The minimum Gasteiger partial charge on any atom is -0.383 e. The summed E-state index contributed by atoms with van der Waals surface area (Å²) < 4.78 is 35.1. The van der Waals surface area contributed by atoms with Crippen LogP contribution in [0.5, 0.6) is 0 Å². The maximum Gasteiger partial charge on any atom is 0.215 e. The van der Waals surface area contributed by atoms with Gasteiger partial charge >= 0.3 is 0 Å². The van der Waals surface area contributed by atoms with E-state index in [1.54, 1.807) is 4.31 Å². The predicted molar refractivity (Wildman–Crippen MR) is 123 cm³/mol. The van der Waals surface area contributed by atoms with E-state index in [0.717, 1.165) is 34.4 Å². The van der Waals surface area contributed by atoms with E-state index in [1.165, 1.54) is 0 Å². The van der Waals surface area contributed by atoms with Crippen LogP contribution in [-0.2, 0) is 27.7 Å². The van der Waals surface area contributed by atoms with Crippen LogP contribution >= 0.6 is 15.9 Å². The summed E-state index contributed by atoms with van der Waals surface area (Å²) in [6.07, 6.45) is 0.680. The van der Waals surface area contributed by atoms with Crippen LogP contribution in [0.1, 0.15) is 11.1 Å². The van der Waals surface area contributed by atoms with Gasteiger partial charge in [0.2, 0.25) is 10.0 Å². The summed E-state index contributed by atoms with van der Waals surface area (Å²) in [6, 6.07) is 16.0. The van der Waals surface area contributed by atoms with E-state index < -0.39 is 10.0 Å². The molecule has 0 aromatic heterocycles. The Kier molecular flexibility index (Phi) is 7.10. The summed E-state index contributed by atoms with van der Waals surface area (Å²) in [7, 11) is -3.44. The number of hydrogen-bond donors (Lipinski definition) is 1. The summed E-state index contributed by atoms with van der Waals surface area (Å²) in [5, 5.41) is 3.48. The molecule has 8 heteroatoms. The first-order valence-corrected chi connectivity index (χ1v) is 12.8. The first kappa shape index (κ1) is 21.8. The molecule has 1 fully saturated rings. The fourth-order valence-electron chi connectivity index (χ4n) is 4.06. The van der Waals surface area contributed by atoms with E-state index >= 15 is 0 Å². The number of morpholine rings is 1. The molecule has 2 aliphatic rings. The van der Waals surface area contributed by atoms with Crippen molar-refractivity contribution in [3.05, 3.63) is 64.1 Å².